The van der Waals surface area contributed by atoms with Crippen molar-refractivity contribution in [2.24, 2.45) is 11.7 Å². The number of amides is 1. The summed E-state index contributed by atoms with van der Waals surface area (Å²) in [6.07, 6.45) is 4.39. The number of nitrogens with two attached hydrogens (primary N) is 1. The van der Waals surface area contributed by atoms with Gasteiger partial charge in [-0.2, -0.15) is 5.10 Å². The van der Waals surface area contributed by atoms with Crippen LogP contribution in [0, 0.1) is 5.92 Å². The van der Waals surface area contributed by atoms with Crippen molar-refractivity contribution in [2.75, 3.05) is 6.54 Å². The first kappa shape index (κ1) is 10.2. The second kappa shape index (κ2) is 4.44. The fourth-order valence-electron chi connectivity index (χ4n) is 1.54. The van der Waals surface area contributed by atoms with Crippen molar-refractivity contribution in [1.29, 1.82) is 0 Å². The van der Waals surface area contributed by atoms with Crippen LogP contribution in [-0.4, -0.2) is 28.7 Å². The van der Waals surface area contributed by atoms with Crippen molar-refractivity contribution >= 4 is 5.91 Å². The monoisotopic (exact) mass is 208 g/mol. The minimum absolute atomic E-state index is 0.00431. The molecule has 1 aromatic heterocycles. The van der Waals surface area contributed by atoms with Gasteiger partial charge in [-0.15, -0.1) is 0 Å². The summed E-state index contributed by atoms with van der Waals surface area (Å²) < 4.78 is 0. The Hall–Kier alpha value is -1.36. The van der Waals surface area contributed by atoms with E-state index in [1.807, 2.05) is 0 Å². The van der Waals surface area contributed by atoms with Gasteiger partial charge in [-0.3, -0.25) is 9.89 Å². The molecule has 1 aliphatic carbocycles. The topological polar surface area (TPSA) is 83.8 Å². The van der Waals surface area contributed by atoms with Crippen molar-refractivity contribution < 1.29 is 4.79 Å². The predicted molar refractivity (Wildman–Crippen MR) is 56.0 cm³/mol. The van der Waals surface area contributed by atoms with Gasteiger partial charge in [-0.25, -0.2) is 0 Å². The lowest BCUT2D eigenvalue weighted by molar-refractivity contribution is -0.120. The molecule has 1 heterocycles. The average molecular weight is 208 g/mol. The van der Waals surface area contributed by atoms with Crippen LogP contribution in [-0.2, 0) is 11.2 Å². The molecular formula is C10H16N4O. The van der Waals surface area contributed by atoms with Gasteiger partial charge in [0.15, 0.2) is 0 Å². The van der Waals surface area contributed by atoms with Gasteiger partial charge in [0.1, 0.15) is 0 Å². The minimum Gasteiger partial charge on any atom is -0.354 e. The van der Waals surface area contributed by atoms with Crippen molar-refractivity contribution in [2.45, 2.75) is 25.3 Å². The second-order valence-corrected chi connectivity index (χ2v) is 4.06. The largest absolute Gasteiger partial charge is 0.354 e. The van der Waals surface area contributed by atoms with E-state index < -0.39 is 0 Å². The lowest BCUT2D eigenvalue weighted by Gasteiger charge is -2.10. The molecule has 5 nitrogen and oxygen atoms in total. The molecule has 15 heavy (non-hydrogen) atoms. The zero-order valence-corrected chi connectivity index (χ0v) is 8.57. The van der Waals surface area contributed by atoms with E-state index in [-0.39, 0.29) is 11.9 Å². The van der Waals surface area contributed by atoms with Crippen LogP contribution < -0.4 is 11.1 Å². The lowest BCUT2D eigenvalue weighted by Crippen LogP contribution is -2.39. The molecule has 0 aliphatic heterocycles. The van der Waals surface area contributed by atoms with E-state index in [2.05, 4.69) is 15.5 Å². The van der Waals surface area contributed by atoms with Crippen molar-refractivity contribution in [3.8, 4) is 0 Å². The molecule has 1 atom stereocenters. The molecule has 4 N–H and O–H groups in total. The molecule has 1 unspecified atom stereocenters. The highest BCUT2D eigenvalue weighted by molar-refractivity contribution is 5.78. The van der Waals surface area contributed by atoms with Gasteiger partial charge in [-0.1, -0.05) is 0 Å². The number of aromatic nitrogens is 2. The zero-order valence-electron chi connectivity index (χ0n) is 8.57. The summed E-state index contributed by atoms with van der Waals surface area (Å²) in [5.41, 5.74) is 6.69. The molecule has 2 rings (SSSR count). The average Bonchev–Trinajstić information content (AvgIpc) is 2.95. The van der Waals surface area contributed by atoms with Gasteiger partial charge >= 0.3 is 0 Å². The maximum Gasteiger partial charge on any atom is 0.226 e. The van der Waals surface area contributed by atoms with Crippen LogP contribution in [0.2, 0.25) is 0 Å². The fourth-order valence-corrected chi connectivity index (χ4v) is 1.54. The Morgan fingerprint density at radius 2 is 2.53 bits per heavy atom. The molecule has 0 radical (unpaired) electrons. The number of rotatable bonds is 5. The van der Waals surface area contributed by atoms with E-state index in [1.165, 1.54) is 12.8 Å². The Labute approximate surface area is 88.4 Å². The van der Waals surface area contributed by atoms with Crippen molar-refractivity contribution in [1.82, 2.24) is 15.5 Å². The van der Waals surface area contributed by atoms with E-state index >= 15 is 0 Å². The third-order valence-electron chi connectivity index (χ3n) is 2.67. The van der Waals surface area contributed by atoms with Gasteiger partial charge in [0, 0.05) is 24.5 Å². The Bertz CT molecular complexity index is 318. The van der Waals surface area contributed by atoms with Crippen LogP contribution >= 0.6 is 0 Å². The molecule has 1 aliphatic rings. The molecular weight excluding hydrogens is 192 g/mol. The molecule has 0 aromatic carbocycles. The Balaban J connectivity index is 1.68. The van der Waals surface area contributed by atoms with Crippen LogP contribution in [0.3, 0.4) is 0 Å². The summed E-state index contributed by atoms with van der Waals surface area (Å²) in [6.45, 7) is 0.581. The van der Waals surface area contributed by atoms with E-state index in [0.29, 0.717) is 18.9 Å². The summed E-state index contributed by atoms with van der Waals surface area (Å²) in [6, 6.07) is 1.91. The first-order valence-corrected chi connectivity index (χ1v) is 5.26. The van der Waals surface area contributed by atoms with Gasteiger partial charge < -0.3 is 11.1 Å². The molecule has 5 heteroatoms. The standard InChI is InChI=1S/C10H16N4O/c11-9(7-1-2-7)6-12-10(15)5-8-3-4-13-14-8/h3-4,7,9H,1-2,5-6,11H2,(H,12,15)(H,13,14). The van der Waals surface area contributed by atoms with Crippen LogP contribution in [0.1, 0.15) is 18.5 Å². The highest BCUT2D eigenvalue weighted by atomic mass is 16.1. The van der Waals surface area contributed by atoms with E-state index in [4.69, 9.17) is 5.73 Å². The molecule has 0 bridgehead atoms. The molecule has 1 fully saturated rings. The number of nitrogens with zero attached hydrogens (tertiary/aromatic N) is 1. The number of hydrogen-bond donors (Lipinski definition) is 3. The third-order valence-corrected chi connectivity index (χ3v) is 2.67. The number of hydrogen-bond acceptors (Lipinski definition) is 3. The smallest absolute Gasteiger partial charge is 0.226 e. The number of nitrogens with one attached hydrogen (secondary N) is 2. The van der Waals surface area contributed by atoms with Gasteiger partial charge in [0.2, 0.25) is 5.91 Å². The maximum absolute atomic E-state index is 11.4. The zero-order chi connectivity index (χ0) is 10.7. The van der Waals surface area contributed by atoms with Crippen LogP contribution in [0.4, 0.5) is 0 Å². The number of H-pyrrole nitrogens is 1. The summed E-state index contributed by atoms with van der Waals surface area (Å²) in [7, 11) is 0. The normalized spacial score (nSPS) is 17.4. The third kappa shape index (κ3) is 3.06. The summed E-state index contributed by atoms with van der Waals surface area (Å²) in [5, 5.41) is 9.36. The van der Waals surface area contributed by atoms with Crippen LogP contribution in [0.25, 0.3) is 0 Å². The van der Waals surface area contributed by atoms with Crippen molar-refractivity contribution in [3.05, 3.63) is 18.0 Å². The Morgan fingerprint density at radius 3 is 3.13 bits per heavy atom. The molecule has 0 saturated heterocycles. The van der Waals surface area contributed by atoms with Crippen LogP contribution in [0.15, 0.2) is 12.3 Å². The van der Waals surface area contributed by atoms with E-state index in [0.717, 1.165) is 5.69 Å². The molecule has 1 aromatic rings. The predicted octanol–water partition coefficient (Wildman–Crippen LogP) is -0.194. The molecule has 82 valence electrons. The first-order chi connectivity index (χ1) is 7.25. The number of carbonyl (C=O) groups is 1. The summed E-state index contributed by atoms with van der Waals surface area (Å²) >= 11 is 0. The van der Waals surface area contributed by atoms with Gasteiger partial charge in [0.05, 0.1) is 6.42 Å². The van der Waals surface area contributed by atoms with Crippen LogP contribution in [0.5, 0.6) is 0 Å². The molecule has 1 saturated carbocycles. The molecule has 0 spiro atoms. The fraction of sp³-hybridized carbons (Fsp3) is 0.600. The lowest BCUT2D eigenvalue weighted by atomic mass is 10.2. The number of aromatic amines is 1. The Kier molecular flexibility index (Phi) is 3.01. The Morgan fingerprint density at radius 1 is 1.73 bits per heavy atom. The summed E-state index contributed by atoms with van der Waals surface area (Å²) in [5.74, 6) is 0.618. The number of carbonyl (C=O) groups excluding carboxylic acids is 1. The quantitative estimate of drug-likeness (QED) is 0.627. The van der Waals surface area contributed by atoms with E-state index in [1.54, 1.807) is 12.3 Å². The highest BCUT2D eigenvalue weighted by Gasteiger charge is 2.28. The second-order valence-electron chi connectivity index (χ2n) is 4.06. The SMILES string of the molecule is NC(CNC(=O)Cc1ccn[nH]1)C1CC1. The first-order valence-electron chi connectivity index (χ1n) is 5.26. The van der Waals surface area contributed by atoms with Gasteiger partial charge in [0.25, 0.3) is 0 Å². The minimum atomic E-state index is -0.00431. The highest BCUT2D eigenvalue weighted by Crippen LogP contribution is 2.31. The van der Waals surface area contributed by atoms with Crippen molar-refractivity contribution in [3.63, 3.8) is 0 Å². The van der Waals surface area contributed by atoms with E-state index in [9.17, 15) is 4.79 Å². The summed E-state index contributed by atoms with van der Waals surface area (Å²) in [4.78, 5) is 11.4. The molecule has 1 amide bonds. The van der Waals surface area contributed by atoms with Gasteiger partial charge in [-0.05, 0) is 24.8 Å². The maximum atomic E-state index is 11.4.